The van der Waals surface area contributed by atoms with Crippen molar-refractivity contribution in [2.24, 2.45) is 5.92 Å². The summed E-state index contributed by atoms with van der Waals surface area (Å²) in [6.45, 7) is 6.27. The molecule has 0 radical (unpaired) electrons. The van der Waals surface area contributed by atoms with Gasteiger partial charge in [0.05, 0.1) is 6.61 Å². The predicted octanol–water partition coefficient (Wildman–Crippen LogP) is 3.93. The predicted molar refractivity (Wildman–Crippen MR) is 80.7 cm³/mol. The summed E-state index contributed by atoms with van der Waals surface area (Å²) in [6.07, 6.45) is 6.52. The Balaban J connectivity index is 1.71. The zero-order valence-corrected chi connectivity index (χ0v) is 12.3. The smallest absolute Gasteiger partial charge is 0.119 e. The van der Waals surface area contributed by atoms with Crippen LogP contribution in [0.25, 0.3) is 0 Å². The van der Waals surface area contributed by atoms with Crippen molar-refractivity contribution < 1.29 is 4.74 Å². The van der Waals surface area contributed by atoms with E-state index in [4.69, 9.17) is 4.74 Å². The average molecular weight is 261 g/mol. The standard InChI is InChI=1S/C17H27NO/c1-3-10-18-16(13-15-7-8-15)9-11-19-17-6-4-5-14(2)12-17/h4-6,12,15-16,18H,3,7-11,13H2,1-2H3. The zero-order chi connectivity index (χ0) is 13.5. The Morgan fingerprint density at radius 3 is 2.89 bits per heavy atom. The van der Waals surface area contributed by atoms with E-state index in [1.54, 1.807) is 0 Å². The molecule has 0 heterocycles. The maximum Gasteiger partial charge on any atom is 0.119 e. The molecular weight excluding hydrogens is 234 g/mol. The van der Waals surface area contributed by atoms with Gasteiger partial charge in [0, 0.05) is 6.04 Å². The molecule has 1 fully saturated rings. The minimum atomic E-state index is 0.636. The fraction of sp³-hybridized carbons (Fsp3) is 0.647. The first-order valence-corrected chi connectivity index (χ1v) is 7.70. The molecule has 106 valence electrons. The van der Waals surface area contributed by atoms with Gasteiger partial charge in [-0.1, -0.05) is 31.9 Å². The second-order valence-electron chi connectivity index (χ2n) is 5.78. The molecule has 0 amide bonds. The Labute approximate surface area is 117 Å². The molecule has 19 heavy (non-hydrogen) atoms. The zero-order valence-electron chi connectivity index (χ0n) is 12.3. The highest BCUT2D eigenvalue weighted by Crippen LogP contribution is 2.34. The molecule has 0 bridgehead atoms. The van der Waals surface area contributed by atoms with Crippen molar-refractivity contribution >= 4 is 0 Å². The van der Waals surface area contributed by atoms with Crippen LogP contribution >= 0.6 is 0 Å². The largest absolute Gasteiger partial charge is 0.494 e. The lowest BCUT2D eigenvalue weighted by Crippen LogP contribution is -2.31. The number of ether oxygens (including phenoxy) is 1. The van der Waals surface area contributed by atoms with Crippen molar-refractivity contribution in [2.45, 2.75) is 52.0 Å². The number of aryl methyl sites for hydroxylation is 1. The summed E-state index contributed by atoms with van der Waals surface area (Å²) in [5.74, 6) is 1.98. The molecule has 1 aromatic carbocycles. The van der Waals surface area contributed by atoms with E-state index >= 15 is 0 Å². The molecule has 1 N–H and O–H groups in total. The second-order valence-corrected chi connectivity index (χ2v) is 5.78. The van der Waals surface area contributed by atoms with Gasteiger partial charge in [-0.05, 0) is 56.3 Å². The maximum absolute atomic E-state index is 5.86. The first-order chi connectivity index (χ1) is 9.28. The van der Waals surface area contributed by atoms with Gasteiger partial charge in [0.2, 0.25) is 0 Å². The summed E-state index contributed by atoms with van der Waals surface area (Å²) in [5, 5.41) is 3.66. The topological polar surface area (TPSA) is 21.3 Å². The third-order valence-corrected chi connectivity index (χ3v) is 3.72. The van der Waals surface area contributed by atoms with E-state index in [0.717, 1.165) is 31.2 Å². The van der Waals surface area contributed by atoms with E-state index in [2.05, 4.69) is 37.4 Å². The van der Waals surface area contributed by atoms with E-state index in [1.807, 2.05) is 6.07 Å². The van der Waals surface area contributed by atoms with Crippen molar-refractivity contribution in [3.8, 4) is 5.75 Å². The van der Waals surface area contributed by atoms with Crippen LogP contribution < -0.4 is 10.1 Å². The Hall–Kier alpha value is -1.02. The van der Waals surface area contributed by atoms with Crippen LogP contribution in [0.4, 0.5) is 0 Å². The highest BCUT2D eigenvalue weighted by molar-refractivity contribution is 5.27. The maximum atomic E-state index is 5.86. The lowest BCUT2D eigenvalue weighted by molar-refractivity contribution is 0.277. The molecule has 1 unspecified atom stereocenters. The second kappa shape index (κ2) is 7.54. The molecule has 2 heteroatoms. The Bertz CT molecular complexity index is 373. The Morgan fingerprint density at radius 2 is 2.21 bits per heavy atom. The molecule has 0 saturated heterocycles. The summed E-state index contributed by atoms with van der Waals surface area (Å²) in [4.78, 5) is 0. The fourth-order valence-corrected chi connectivity index (χ4v) is 2.43. The summed E-state index contributed by atoms with van der Waals surface area (Å²) >= 11 is 0. The lowest BCUT2D eigenvalue weighted by Gasteiger charge is -2.18. The molecule has 1 aliphatic carbocycles. The van der Waals surface area contributed by atoms with Crippen LogP contribution in [-0.2, 0) is 0 Å². The van der Waals surface area contributed by atoms with Crippen LogP contribution in [0.2, 0.25) is 0 Å². The van der Waals surface area contributed by atoms with Crippen LogP contribution in [0.5, 0.6) is 5.75 Å². The van der Waals surface area contributed by atoms with E-state index < -0.39 is 0 Å². The van der Waals surface area contributed by atoms with Gasteiger partial charge in [-0.25, -0.2) is 0 Å². The summed E-state index contributed by atoms with van der Waals surface area (Å²) < 4.78 is 5.86. The van der Waals surface area contributed by atoms with Crippen molar-refractivity contribution in [1.82, 2.24) is 5.32 Å². The van der Waals surface area contributed by atoms with Crippen molar-refractivity contribution in [3.05, 3.63) is 29.8 Å². The molecule has 2 rings (SSSR count). The van der Waals surface area contributed by atoms with Gasteiger partial charge >= 0.3 is 0 Å². The number of hydrogen-bond acceptors (Lipinski definition) is 2. The van der Waals surface area contributed by atoms with Crippen LogP contribution in [-0.4, -0.2) is 19.2 Å². The molecule has 0 spiro atoms. The van der Waals surface area contributed by atoms with E-state index in [-0.39, 0.29) is 0 Å². The summed E-state index contributed by atoms with van der Waals surface area (Å²) in [6, 6.07) is 8.95. The fourth-order valence-electron chi connectivity index (χ4n) is 2.43. The quantitative estimate of drug-likeness (QED) is 0.727. The molecule has 0 aliphatic heterocycles. The van der Waals surface area contributed by atoms with Gasteiger partial charge in [0.15, 0.2) is 0 Å². The van der Waals surface area contributed by atoms with Gasteiger partial charge in [-0.15, -0.1) is 0 Å². The summed E-state index contributed by atoms with van der Waals surface area (Å²) in [5.41, 5.74) is 1.26. The van der Waals surface area contributed by atoms with Crippen LogP contribution in [0.15, 0.2) is 24.3 Å². The average Bonchev–Trinajstić information content (AvgIpc) is 3.20. The molecular formula is C17H27NO. The molecule has 2 nitrogen and oxygen atoms in total. The number of rotatable bonds is 9. The van der Waals surface area contributed by atoms with Gasteiger partial charge in [-0.3, -0.25) is 0 Å². The normalized spacial score (nSPS) is 16.3. The molecule has 0 aromatic heterocycles. The van der Waals surface area contributed by atoms with Crippen LogP contribution in [0, 0.1) is 12.8 Å². The van der Waals surface area contributed by atoms with Gasteiger partial charge in [-0.2, -0.15) is 0 Å². The highest BCUT2D eigenvalue weighted by Gasteiger charge is 2.25. The first-order valence-electron chi connectivity index (χ1n) is 7.70. The monoisotopic (exact) mass is 261 g/mol. The summed E-state index contributed by atoms with van der Waals surface area (Å²) in [7, 11) is 0. The van der Waals surface area contributed by atoms with Crippen LogP contribution in [0.1, 0.15) is 44.6 Å². The minimum Gasteiger partial charge on any atom is -0.494 e. The highest BCUT2D eigenvalue weighted by atomic mass is 16.5. The molecule has 1 aliphatic rings. The Kier molecular flexibility index (Phi) is 5.71. The molecule has 1 aromatic rings. The van der Waals surface area contributed by atoms with E-state index in [0.29, 0.717) is 6.04 Å². The van der Waals surface area contributed by atoms with Gasteiger partial charge in [0.25, 0.3) is 0 Å². The third kappa shape index (κ3) is 5.65. The minimum absolute atomic E-state index is 0.636. The third-order valence-electron chi connectivity index (χ3n) is 3.72. The van der Waals surface area contributed by atoms with Gasteiger partial charge < -0.3 is 10.1 Å². The van der Waals surface area contributed by atoms with Crippen LogP contribution in [0.3, 0.4) is 0 Å². The van der Waals surface area contributed by atoms with E-state index in [1.165, 1.54) is 31.2 Å². The van der Waals surface area contributed by atoms with E-state index in [9.17, 15) is 0 Å². The van der Waals surface area contributed by atoms with Crippen molar-refractivity contribution in [3.63, 3.8) is 0 Å². The van der Waals surface area contributed by atoms with Crippen molar-refractivity contribution in [1.29, 1.82) is 0 Å². The first kappa shape index (κ1) is 14.4. The SMILES string of the molecule is CCCNC(CCOc1cccc(C)c1)CC1CC1. The number of nitrogens with one attached hydrogen (secondary N) is 1. The lowest BCUT2D eigenvalue weighted by atomic mass is 10.1. The van der Waals surface area contributed by atoms with Gasteiger partial charge in [0.1, 0.15) is 5.75 Å². The van der Waals surface area contributed by atoms with Crippen molar-refractivity contribution in [2.75, 3.05) is 13.2 Å². The number of benzene rings is 1. The Morgan fingerprint density at radius 1 is 1.37 bits per heavy atom. The molecule has 1 atom stereocenters. The molecule has 1 saturated carbocycles. The number of hydrogen-bond donors (Lipinski definition) is 1.